The van der Waals surface area contributed by atoms with E-state index >= 15 is 0 Å². The summed E-state index contributed by atoms with van der Waals surface area (Å²) in [5.74, 6) is -0.398. The molecule has 0 atom stereocenters. The Bertz CT molecular complexity index is 643. The van der Waals surface area contributed by atoms with Gasteiger partial charge < -0.3 is 5.73 Å². The zero-order chi connectivity index (χ0) is 12.4. The zero-order valence-corrected chi connectivity index (χ0v) is 8.81. The number of benzene rings is 1. The first kappa shape index (κ1) is 11.3. The van der Waals surface area contributed by atoms with Gasteiger partial charge in [0.25, 0.3) is 5.56 Å². The van der Waals surface area contributed by atoms with Crippen LogP contribution in [0.4, 0.5) is 4.39 Å². The smallest absolute Gasteiger partial charge is 0.326 e. The maximum absolute atomic E-state index is 12.7. The Morgan fingerprint density at radius 1 is 1.24 bits per heavy atom. The van der Waals surface area contributed by atoms with Crippen molar-refractivity contribution in [3.63, 3.8) is 0 Å². The molecule has 0 aliphatic rings. The number of nitrogens with two attached hydrogens (primary N) is 1. The van der Waals surface area contributed by atoms with Gasteiger partial charge in [0.15, 0.2) is 0 Å². The third-order valence-electron chi connectivity index (χ3n) is 2.34. The molecule has 17 heavy (non-hydrogen) atoms. The first-order chi connectivity index (χ1) is 8.11. The maximum atomic E-state index is 12.7. The van der Waals surface area contributed by atoms with E-state index in [9.17, 15) is 14.0 Å². The molecular formula is C11H10FN3O2. The third-order valence-corrected chi connectivity index (χ3v) is 2.34. The summed E-state index contributed by atoms with van der Waals surface area (Å²) in [5, 5.41) is 0. The van der Waals surface area contributed by atoms with E-state index in [2.05, 4.69) is 4.98 Å². The van der Waals surface area contributed by atoms with E-state index in [-0.39, 0.29) is 12.1 Å². The zero-order valence-electron chi connectivity index (χ0n) is 8.81. The van der Waals surface area contributed by atoms with Crippen LogP contribution in [0, 0.1) is 5.82 Å². The molecule has 0 aliphatic carbocycles. The van der Waals surface area contributed by atoms with Crippen LogP contribution in [-0.2, 0) is 6.54 Å². The Kier molecular flexibility index (Phi) is 2.88. The second-order valence-electron chi connectivity index (χ2n) is 3.46. The number of nitrogens with one attached hydrogen (secondary N) is 1. The molecule has 0 saturated heterocycles. The molecule has 0 aliphatic heterocycles. The molecular weight excluding hydrogens is 225 g/mol. The van der Waals surface area contributed by atoms with Crippen LogP contribution in [0.5, 0.6) is 0 Å². The fourth-order valence-corrected chi connectivity index (χ4v) is 1.45. The van der Waals surface area contributed by atoms with E-state index in [1.165, 1.54) is 35.0 Å². The van der Waals surface area contributed by atoms with Crippen LogP contribution >= 0.6 is 0 Å². The Morgan fingerprint density at radius 3 is 2.47 bits per heavy atom. The highest BCUT2D eigenvalue weighted by molar-refractivity contribution is 5.32. The number of hydrogen-bond acceptors (Lipinski definition) is 3. The lowest BCUT2D eigenvalue weighted by atomic mass is 10.3. The highest BCUT2D eigenvalue weighted by Gasteiger charge is 2.04. The van der Waals surface area contributed by atoms with Gasteiger partial charge in [0.2, 0.25) is 0 Å². The Balaban J connectivity index is 2.63. The van der Waals surface area contributed by atoms with Crippen LogP contribution in [0.3, 0.4) is 0 Å². The molecule has 1 aromatic carbocycles. The molecule has 5 nitrogen and oxygen atoms in total. The highest BCUT2D eigenvalue weighted by Crippen LogP contribution is 2.06. The van der Waals surface area contributed by atoms with Crippen molar-refractivity contribution >= 4 is 0 Å². The molecule has 3 N–H and O–H groups in total. The van der Waals surface area contributed by atoms with Gasteiger partial charge in [-0.25, -0.2) is 9.18 Å². The first-order valence-corrected chi connectivity index (χ1v) is 4.92. The standard InChI is InChI=1S/C11H10FN3O2/c12-8-1-3-9(4-2-8)15-6-7(5-13)10(16)14-11(15)17/h1-4,6H,5,13H2,(H,14,16,17). The molecule has 0 radical (unpaired) electrons. The number of rotatable bonds is 2. The van der Waals surface area contributed by atoms with Crippen LogP contribution < -0.4 is 17.0 Å². The van der Waals surface area contributed by atoms with Gasteiger partial charge in [0.1, 0.15) is 5.82 Å². The van der Waals surface area contributed by atoms with E-state index in [1.807, 2.05) is 0 Å². The molecule has 0 amide bonds. The fraction of sp³-hybridized carbons (Fsp3) is 0.0909. The second kappa shape index (κ2) is 4.34. The molecule has 0 spiro atoms. The minimum absolute atomic E-state index is 0.0246. The third kappa shape index (κ3) is 2.16. The minimum atomic E-state index is -0.584. The van der Waals surface area contributed by atoms with Crippen LogP contribution in [-0.4, -0.2) is 9.55 Å². The Labute approximate surface area is 95.3 Å². The van der Waals surface area contributed by atoms with Crippen molar-refractivity contribution in [2.75, 3.05) is 0 Å². The molecule has 2 rings (SSSR count). The molecule has 1 aromatic heterocycles. The number of halogens is 1. The summed E-state index contributed by atoms with van der Waals surface area (Å²) in [6.45, 7) is 0.0246. The molecule has 2 aromatic rings. The van der Waals surface area contributed by atoms with Crippen molar-refractivity contribution in [2.24, 2.45) is 5.73 Å². The van der Waals surface area contributed by atoms with Gasteiger partial charge in [-0.15, -0.1) is 0 Å². The molecule has 0 saturated carbocycles. The van der Waals surface area contributed by atoms with Crippen molar-refractivity contribution < 1.29 is 4.39 Å². The number of hydrogen-bond donors (Lipinski definition) is 2. The van der Waals surface area contributed by atoms with E-state index in [4.69, 9.17) is 5.73 Å². The topological polar surface area (TPSA) is 80.9 Å². The lowest BCUT2D eigenvalue weighted by molar-refractivity contribution is 0.627. The Morgan fingerprint density at radius 2 is 1.88 bits per heavy atom. The molecule has 0 fully saturated rings. The number of H-pyrrole nitrogens is 1. The van der Waals surface area contributed by atoms with Gasteiger partial charge in [-0.3, -0.25) is 14.3 Å². The average Bonchev–Trinajstić information content (AvgIpc) is 2.31. The van der Waals surface area contributed by atoms with Crippen LogP contribution in [0.2, 0.25) is 0 Å². The lowest BCUT2D eigenvalue weighted by Gasteiger charge is -2.06. The van der Waals surface area contributed by atoms with Crippen molar-refractivity contribution in [3.8, 4) is 5.69 Å². The van der Waals surface area contributed by atoms with Gasteiger partial charge in [-0.2, -0.15) is 0 Å². The van der Waals surface area contributed by atoms with Gasteiger partial charge in [0, 0.05) is 18.3 Å². The molecule has 88 valence electrons. The number of aromatic amines is 1. The van der Waals surface area contributed by atoms with Gasteiger partial charge in [-0.1, -0.05) is 0 Å². The van der Waals surface area contributed by atoms with Crippen molar-refractivity contribution in [3.05, 3.63) is 62.7 Å². The SMILES string of the molecule is NCc1cn(-c2ccc(F)cc2)c(=O)[nH]c1=O. The largest absolute Gasteiger partial charge is 0.332 e. The number of aromatic nitrogens is 2. The summed E-state index contributed by atoms with van der Waals surface area (Å²) in [4.78, 5) is 25.0. The molecule has 0 bridgehead atoms. The van der Waals surface area contributed by atoms with Crippen LogP contribution in [0.25, 0.3) is 5.69 Å². The van der Waals surface area contributed by atoms with Gasteiger partial charge >= 0.3 is 5.69 Å². The van der Waals surface area contributed by atoms with E-state index in [0.717, 1.165) is 0 Å². The van der Waals surface area contributed by atoms with Crippen molar-refractivity contribution in [2.45, 2.75) is 6.54 Å². The average molecular weight is 235 g/mol. The quantitative estimate of drug-likeness (QED) is 0.776. The van der Waals surface area contributed by atoms with Gasteiger partial charge in [0.05, 0.1) is 5.69 Å². The fourth-order valence-electron chi connectivity index (χ4n) is 1.45. The maximum Gasteiger partial charge on any atom is 0.332 e. The summed E-state index contributed by atoms with van der Waals surface area (Å²) in [7, 11) is 0. The highest BCUT2D eigenvalue weighted by atomic mass is 19.1. The summed E-state index contributed by atoms with van der Waals surface area (Å²) in [6.07, 6.45) is 1.36. The predicted molar refractivity (Wildman–Crippen MR) is 60.5 cm³/mol. The Hall–Kier alpha value is -2.21. The second-order valence-corrected chi connectivity index (χ2v) is 3.46. The van der Waals surface area contributed by atoms with E-state index < -0.39 is 17.1 Å². The predicted octanol–water partition coefficient (Wildman–Crippen LogP) is 0.124. The monoisotopic (exact) mass is 235 g/mol. The molecule has 1 heterocycles. The van der Waals surface area contributed by atoms with Crippen molar-refractivity contribution in [1.29, 1.82) is 0 Å². The summed E-state index contributed by atoms with van der Waals surface area (Å²) in [5.41, 5.74) is 5.03. The summed E-state index contributed by atoms with van der Waals surface area (Å²) < 4.78 is 14.0. The summed E-state index contributed by atoms with van der Waals surface area (Å²) in [6, 6.07) is 5.34. The summed E-state index contributed by atoms with van der Waals surface area (Å²) >= 11 is 0. The minimum Gasteiger partial charge on any atom is -0.326 e. The lowest BCUT2D eigenvalue weighted by Crippen LogP contribution is -2.31. The van der Waals surface area contributed by atoms with Crippen LogP contribution in [0.15, 0.2) is 40.1 Å². The molecule has 0 unspecified atom stereocenters. The van der Waals surface area contributed by atoms with Crippen LogP contribution in [0.1, 0.15) is 5.56 Å². The van der Waals surface area contributed by atoms with Gasteiger partial charge in [-0.05, 0) is 24.3 Å². The van der Waals surface area contributed by atoms with Crippen molar-refractivity contribution in [1.82, 2.24) is 9.55 Å². The first-order valence-electron chi connectivity index (χ1n) is 4.92. The number of nitrogens with zero attached hydrogens (tertiary/aromatic N) is 1. The molecule has 6 heteroatoms. The van der Waals surface area contributed by atoms with E-state index in [0.29, 0.717) is 5.69 Å². The normalized spacial score (nSPS) is 10.5. The van der Waals surface area contributed by atoms with E-state index in [1.54, 1.807) is 0 Å².